The molecule has 0 N–H and O–H groups in total. The van der Waals surface area contributed by atoms with E-state index in [-0.39, 0.29) is 5.91 Å². The van der Waals surface area contributed by atoms with E-state index in [1.54, 1.807) is 7.11 Å². The zero-order valence-electron chi connectivity index (χ0n) is 16.1. The van der Waals surface area contributed by atoms with Gasteiger partial charge >= 0.3 is 0 Å². The van der Waals surface area contributed by atoms with Crippen LogP contribution in [0, 0.1) is 17.8 Å². The predicted octanol–water partition coefficient (Wildman–Crippen LogP) is 1.64. The summed E-state index contributed by atoms with van der Waals surface area (Å²) in [6.07, 6.45) is 0.609. The maximum Gasteiger partial charge on any atom is 0.223 e. The molecule has 27 heavy (non-hydrogen) atoms. The van der Waals surface area contributed by atoms with Gasteiger partial charge in [0.25, 0.3) is 0 Å². The zero-order chi connectivity index (χ0) is 18.6. The van der Waals surface area contributed by atoms with Crippen LogP contribution in [0.4, 0.5) is 0 Å². The second-order valence-corrected chi connectivity index (χ2v) is 7.96. The first-order valence-electron chi connectivity index (χ1n) is 10.0. The van der Waals surface area contributed by atoms with Crippen LogP contribution in [0.15, 0.2) is 24.3 Å². The van der Waals surface area contributed by atoms with Crippen molar-refractivity contribution in [2.24, 2.45) is 17.8 Å². The quantitative estimate of drug-likeness (QED) is 0.784. The number of rotatable bonds is 5. The largest absolute Gasteiger partial charge is 0.497 e. The van der Waals surface area contributed by atoms with Crippen LogP contribution in [0.5, 0.6) is 5.75 Å². The lowest BCUT2D eigenvalue weighted by atomic mass is 9.81. The summed E-state index contributed by atoms with van der Waals surface area (Å²) >= 11 is 0. The zero-order valence-corrected chi connectivity index (χ0v) is 16.1. The van der Waals surface area contributed by atoms with E-state index in [0.29, 0.717) is 44.0 Å². The van der Waals surface area contributed by atoms with Gasteiger partial charge in [-0.1, -0.05) is 12.1 Å². The lowest BCUT2D eigenvalue weighted by Gasteiger charge is -2.35. The number of hydrogen-bond acceptors (Lipinski definition) is 5. The summed E-state index contributed by atoms with van der Waals surface area (Å²) in [5, 5.41) is 0. The molecule has 3 aliphatic rings. The van der Waals surface area contributed by atoms with E-state index in [0.717, 1.165) is 45.1 Å². The maximum absolute atomic E-state index is 12.7. The van der Waals surface area contributed by atoms with Crippen molar-refractivity contribution in [3.05, 3.63) is 29.8 Å². The number of nitrogens with zero attached hydrogens (tertiary/aromatic N) is 2. The van der Waals surface area contributed by atoms with E-state index >= 15 is 0 Å². The number of benzene rings is 1. The molecule has 0 aromatic heterocycles. The van der Waals surface area contributed by atoms with Gasteiger partial charge in [0.15, 0.2) is 0 Å². The highest BCUT2D eigenvalue weighted by atomic mass is 16.5. The highest BCUT2D eigenvalue weighted by Gasteiger charge is 2.41. The Labute approximate surface area is 161 Å². The van der Waals surface area contributed by atoms with Gasteiger partial charge in [0.2, 0.25) is 5.91 Å². The van der Waals surface area contributed by atoms with Crippen molar-refractivity contribution in [3.8, 4) is 5.75 Å². The smallest absolute Gasteiger partial charge is 0.223 e. The van der Waals surface area contributed by atoms with Gasteiger partial charge in [0.1, 0.15) is 5.75 Å². The van der Waals surface area contributed by atoms with Gasteiger partial charge < -0.3 is 19.1 Å². The van der Waals surface area contributed by atoms with Gasteiger partial charge in [-0.3, -0.25) is 9.69 Å². The SMILES string of the molecule is COc1ccc(CN2C[C@@H]3COC[C@@H](CC(=O)N4CCOCC4)[C@@H]3C2)cc1. The number of ether oxygens (including phenoxy) is 3. The summed E-state index contributed by atoms with van der Waals surface area (Å²) in [5.74, 6) is 2.59. The summed E-state index contributed by atoms with van der Waals surface area (Å²) in [6.45, 7) is 7.37. The molecular formula is C21H30N2O4. The minimum absolute atomic E-state index is 0.265. The van der Waals surface area contributed by atoms with Crippen molar-refractivity contribution in [3.63, 3.8) is 0 Å². The van der Waals surface area contributed by atoms with Crippen LogP contribution in [-0.4, -0.2) is 75.4 Å². The average Bonchev–Trinajstić information content (AvgIpc) is 3.13. The molecule has 4 rings (SSSR count). The van der Waals surface area contributed by atoms with Crippen LogP contribution in [0.25, 0.3) is 0 Å². The van der Waals surface area contributed by atoms with Gasteiger partial charge in [0.05, 0.1) is 33.5 Å². The van der Waals surface area contributed by atoms with E-state index in [4.69, 9.17) is 14.2 Å². The molecule has 3 fully saturated rings. The van der Waals surface area contributed by atoms with Crippen LogP contribution in [-0.2, 0) is 20.8 Å². The Morgan fingerprint density at radius 3 is 2.63 bits per heavy atom. The molecule has 3 heterocycles. The molecule has 0 bridgehead atoms. The minimum Gasteiger partial charge on any atom is -0.497 e. The third-order valence-electron chi connectivity index (χ3n) is 6.20. The second-order valence-electron chi connectivity index (χ2n) is 7.96. The summed E-state index contributed by atoms with van der Waals surface area (Å²) in [7, 11) is 1.69. The summed E-state index contributed by atoms with van der Waals surface area (Å²) in [4.78, 5) is 17.1. The topological polar surface area (TPSA) is 51.2 Å². The number of amides is 1. The van der Waals surface area contributed by atoms with Crippen LogP contribution in [0.3, 0.4) is 0 Å². The number of fused-ring (bicyclic) bond motifs is 1. The summed E-state index contributed by atoms with van der Waals surface area (Å²) in [6, 6.07) is 8.31. The molecule has 1 aromatic rings. The molecule has 0 aliphatic carbocycles. The van der Waals surface area contributed by atoms with Gasteiger partial charge in [0, 0.05) is 39.1 Å². The Balaban J connectivity index is 1.34. The molecule has 3 aliphatic heterocycles. The molecule has 148 valence electrons. The molecule has 3 saturated heterocycles. The molecular weight excluding hydrogens is 344 g/mol. The molecule has 6 heteroatoms. The third kappa shape index (κ3) is 4.45. The Hall–Kier alpha value is -1.63. The first-order chi connectivity index (χ1) is 13.2. The predicted molar refractivity (Wildman–Crippen MR) is 102 cm³/mol. The summed E-state index contributed by atoms with van der Waals surface area (Å²) in [5.41, 5.74) is 1.30. The number of methoxy groups -OCH3 is 1. The number of likely N-dealkylation sites (tertiary alicyclic amines) is 1. The van der Waals surface area contributed by atoms with Gasteiger partial charge in [-0.05, 0) is 35.4 Å². The van der Waals surface area contributed by atoms with E-state index < -0.39 is 0 Å². The minimum atomic E-state index is 0.265. The van der Waals surface area contributed by atoms with Crippen molar-refractivity contribution < 1.29 is 19.0 Å². The Kier molecular flexibility index (Phi) is 5.95. The fourth-order valence-electron chi connectivity index (χ4n) is 4.69. The molecule has 0 saturated carbocycles. The number of morpholine rings is 1. The van der Waals surface area contributed by atoms with E-state index in [9.17, 15) is 4.79 Å². The van der Waals surface area contributed by atoms with E-state index in [2.05, 4.69) is 17.0 Å². The molecule has 0 spiro atoms. The molecule has 1 aromatic carbocycles. The fraction of sp³-hybridized carbons (Fsp3) is 0.667. The number of carbonyl (C=O) groups excluding carboxylic acids is 1. The van der Waals surface area contributed by atoms with Gasteiger partial charge in [-0.15, -0.1) is 0 Å². The van der Waals surface area contributed by atoms with Crippen molar-refractivity contribution in [2.45, 2.75) is 13.0 Å². The van der Waals surface area contributed by atoms with Crippen LogP contribution >= 0.6 is 0 Å². The normalized spacial score (nSPS) is 28.8. The molecule has 1 amide bonds. The van der Waals surface area contributed by atoms with Gasteiger partial charge in [-0.2, -0.15) is 0 Å². The van der Waals surface area contributed by atoms with Crippen molar-refractivity contribution in [1.29, 1.82) is 0 Å². The van der Waals surface area contributed by atoms with Crippen LogP contribution in [0.1, 0.15) is 12.0 Å². The highest BCUT2D eigenvalue weighted by Crippen LogP contribution is 2.36. The average molecular weight is 374 g/mol. The number of carbonyl (C=O) groups is 1. The van der Waals surface area contributed by atoms with Crippen molar-refractivity contribution >= 4 is 5.91 Å². The monoisotopic (exact) mass is 374 g/mol. The molecule has 0 radical (unpaired) electrons. The first-order valence-corrected chi connectivity index (χ1v) is 10.0. The van der Waals surface area contributed by atoms with E-state index in [1.807, 2.05) is 17.0 Å². The number of hydrogen-bond donors (Lipinski definition) is 0. The van der Waals surface area contributed by atoms with Crippen LogP contribution < -0.4 is 4.74 Å². The standard InChI is InChI=1S/C21H30N2O4/c1-25-19-4-2-16(3-5-19)11-22-12-18-15-27-14-17(20(18)13-22)10-21(24)23-6-8-26-9-7-23/h2-5,17-18,20H,6-15H2,1H3/t17-,18-,20+/m1/s1. The first kappa shape index (κ1) is 18.7. The lowest BCUT2D eigenvalue weighted by molar-refractivity contribution is -0.138. The van der Waals surface area contributed by atoms with E-state index in [1.165, 1.54) is 5.56 Å². The maximum atomic E-state index is 12.7. The summed E-state index contributed by atoms with van der Waals surface area (Å²) < 4.78 is 16.5. The highest BCUT2D eigenvalue weighted by molar-refractivity contribution is 5.76. The van der Waals surface area contributed by atoms with Crippen molar-refractivity contribution in [1.82, 2.24) is 9.80 Å². The Bertz CT molecular complexity index is 630. The molecule has 6 nitrogen and oxygen atoms in total. The Morgan fingerprint density at radius 1 is 1.11 bits per heavy atom. The van der Waals surface area contributed by atoms with Crippen molar-refractivity contribution in [2.75, 3.05) is 59.7 Å². The van der Waals surface area contributed by atoms with Crippen LogP contribution in [0.2, 0.25) is 0 Å². The lowest BCUT2D eigenvalue weighted by Crippen LogP contribution is -2.44. The molecule has 0 unspecified atom stereocenters. The third-order valence-corrected chi connectivity index (χ3v) is 6.20. The fourth-order valence-corrected chi connectivity index (χ4v) is 4.69. The molecule has 3 atom stereocenters. The Morgan fingerprint density at radius 2 is 1.89 bits per heavy atom. The van der Waals surface area contributed by atoms with Gasteiger partial charge in [-0.25, -0.2) is 0 Å². The second kappa shape index (κ2) is 8.59.